The lowest BCUT2D eigenvalue weighted by Crippen LogP contribution is -2.43. The van der Waals surface area contributed by atoms with Crippen LogP contribution in [0, 0.1) is 0 Å². The number of hydrogen-bond donors (Lipinski definition) is 2. The van der Waals surface area contributed by atoms with Gasteiger partial charge in [0.05, 0.1) is 33.0 Å². The molecule has 0 radical (unpaired) electrons. The van der Waals surface area contributed by atoms with Gasteiger partial charge in [0.2, 0.25) is 0 Å². The van der Waals surface area contributed by atoms with E-state index in [-0.39, 0.29) is 45.2 Å². The molecule has 7 nitrogen and oxygen atoms in total. The van der Waals surface area contributed by atoms with Crippen LogP contribution in [0.1, 0.15) is 39.5 Å². The Morgan fingerprint density at radius 2 is 1.78 bits per heavy atom. The Labute approximate surface area is 138 Å². The Bertz CT molecular complexity index is 332. The summed E-state index contributed by atoms with van der Waals surface area (Å²) in [7, 11) is 0. The SMILES string of the molecule is C=C(C)C(=O)OC(O)(COCCOCCO)OCCCCCC. The molecule has 136 valence electrons. The monoisotopic (exact) mass is 334 g/mol. The third-order valence-electron chi connectivity index (χ3n) is 2.82. The van der Waals surface area contributed by atoms with E-state index in [1.54, 1.807) is 0 Å². The zero-order valence-electron chi connectivity index (χ0n) is 14.2. The molecule has 0 fully saturated rings. The highest BCUT2D eigenvalue weighted by molar-refractivity contribution is 5.87. The number of carbonyl (C=O) groups excluding carboxylic acids is 1. The number of ether oxygens (including phenoxy) is 4. The van der Waals surface area contributed by atoms with E-state index >= 15 is 0 Å². The second kappa shape index (κ2) is 13.4. The van der Waals surface area contributed by atoms with Crippen molar-refractivity contribution in [2.75, 3.05) is 39.6 Å². The number of rotatable bonds is 15. The molecule has 0 aliphatic heterocycles. The molecule has 0 heterocycles. The van der Waals surface area contributed by atoms with E-state index in [1.807, 2.05) is 0 Å². The summed E-state index contributed by atoms with van der Waals surface area (Å²) in [5, 5.41) is 18.8. The second-order valence-corrected chi connectivity index (χ2v) is 5.18. The van der Waals surface area contributed by atoms with Crippen molar-refractivity contribution in [3.8, 4) is 0 Å². The van der Waals surface area contributed by atoms with Gasteiger partial charge in [-0.15, -0.1) is 0 Å². The molecule has 1 atom stereocenters. The fraction of sp³-hybridized carbons (Fsp3) is 0.812. The molecule has 2 N–H and O–H groups in total. The average Bonchev–Trinajstić information content (AvgIpc) is 2.50. The highest BCUT2D eigenvalue weighted by Crippen LogP contribution is 2.14. The summed E-state index contributed by atoms with van der Waals surface area (Å²) in [6.07, 6.45) is 3.88. The van der Waals surface area contributed by atoms with Gasteiger partial charge in [0.15, 0.2) is 0 Å². The molecule has 0 aromatic heterocycles. The van der Waals surface area contributed by atoms with E-state index in [2.05, 4.69) is 13.5 Å². The van der Waals surface area contributed by atoms with Crippen molar-refractivity contribution in [1.29, 1.82) is 0 Å². The van der Waals surface area contributed by atoms with Gasteiger partial charge in [-0.3, -0.25) is 0 Å². The van der Waals surface area contributed by atoms with Crippen molar-refractivity contribution in [2.45, 2.75) is 45.5 Å². The first kappa shape index (κ1) is 22.0. The summed E-state index contributed by atoms with van der Waals surface area (Å²) in [6, 6.07) is 0. The number of unbranched alkanes of at least 4 members (excludes halogenated alkanes) is 3. The Balaban J connectivity index is 4.24. The van der Waals surface area contributed by atoms with Gasteiger partial charge in [0, 0.05) is 5.57 Å². The van der Waals surface area contributed by atoms with Crippen LogP contribution in [0.4, 0.5) is 0 Å². The van der Waals surface area contributed by atoms with Crippen molar-refractivity contribution in [3.05, 3.63) is 12.2 Å². The molecule has 0 saturated heterocycles. The van der Waals surface area contributed by atoms with Crippen LogP contribution in [0.15, 0.2) is 12.2 Å². The maximum atomic E-state index is 11.6. The van der Waals surface area contributed by atoms with Gasteiger partial charge in [-0.25, -0.2) is 4.79 Å². The van der Waals surface area contributed by atoms with Crippen LogP contribution in [0.3, 0.4) is 0 Å². The molecular weight excluding hydrogens is 304 g/mol. The van der Waals surface area contributed by atoms with Crippen molar-refractivity contribution in [2.24, 2.45) is 0 Å². The van der Waals surface area contributed by atoms with Gasteiger partial charge in [0.25, 0.3) is 0 Å². The molecule has 0 rings (SSSR count). The predicted octanol–water partition coefficient (Wildman–Crippen LogP) is 1.37. The van der Waals surface area contributed by atoms with Crippen LogP contribution < -0.4 is 0 Å². The van der Waals surface area contributed by atoms with E-state index in [4.69, 9.17) is 24.1 Å². The molecule has 0 aliphatic carbocycles. The van der Waals surface area contributed by atoms with Gasteiger partial charge in [-0.1, -0.05) is 32.8 Å². The minimum Gasteiger partial charge on any atom is -0.402 e. The molecule has 0 bridgehead atoms. The number of aliphatic hydroxyl groups is 2. The van der Waals surface area contributed by atoms with E-state index < -0.39 is 11.9 Å². The maximum Gasteiger partial charge on any atom is 0.351 e. The Kier molecular flexibility index (Phi) is 12.9. The zero-order chi connectivity index (χ0) is 17.6. The number of aliphatic hydroxyl groups excluding tert-OH is 1. The lowest BCUT2D eigenvalue weighted by molar-refractivity contribution is -0.357. The van der Waals surface area contributed by atoms with Crippen molar-refractivity contribution in [3.63, 3.8) is 0 Å². The first-order chi connectivity index (χ1) is 10.9. The van der Waals surface area contributed by atoms with E-state index in [0.717, 1.165) is 25.7 Å². The van der Waals surface area contributed by atoms with Crippen LogP contribution in [0.5, 0.6) is 0 Å². The van der Waals surface area contributed by atoms with Crippen LogP contribution >= 0.6 is 0 Å². The van der Waals surface area contributed by atoms with E-state index in [9.17, 15) is 9.90 Å². The second-order valence-electron chi connectivity index (χ2n) is 5.18. The first-order valence-corrected chi connectivity index (χ1v) is 7.96. The molecule has 0 saturated carbocycles. The Morgan fingerprint density at radius 1 is 1.09 bits per heavy atom. The number of hydrogen-bond acceptors (Lipinski definition) is 7. The highest BCUT2D eigenvalue weighted by atomic mass is 16.8. The summed E-state index contributed by atoms with van der Waals surface area (Å²) >= 11 is 0. The van der Waals surface area contributed by atoms with Crippen LogP contribution in [-0.4, -0.2) is 61.8 Å². The Morgan fingerprint density at radius 3 is 2.39 bits per heavy atom. The van der Waals surface area contributed by atoms with Crippen molar-refractivity contribution >= 4 is 5.97 Å². The molecule has 0 spiro atoms. The molecule has 0 aliphatic rings. The zero-order valence-corrected chi connectivity index (χ0v) is 14.2. The third-order valence-corrected chi connectivity index (χ3v) is 2.82. The largest absolute Gasteiger partial charge is 0.402 e. The summed E-state index contributed by atoms with van der Waals surface area (Å²) < 4.78 is 20.5. The Hall–Kier alpha value is -0.990. The minimum absolute atomic E-state index is 0.0684. The van der Waals surface area contributed by atoms with Gasteiger partial charge >= 0.3 is 11.9 Å². The quantitative estimate of drug-likeness (QED) is 0.202. The number of carbonyl (C=O) groups is 1. The van der Waals surface area contributed by atoms with E-state index in [0.29, 0.717) is 0 Å². The van der Waals surface area contributed by atoms with Gasteiger partial charge in [-0.2, -0.15) is 0 Å². The third kappa shape index (κ3) is 12.1. The normalized spacial score (nSPS) is 13.6. The standard InChI is InChI=1S/C16H30O7/c1-4-5-6-7-9-22-16(19,23-15(18)14(2)3)13-21-12-11-20-10-8-17/h17,19H,2,4-13H2,1,3H3. The molecule has 0 aromatic carbocycles. The minimum atomic E-state index is -2.14. The maximum absolute atomic E-state index is 11.6. The average molecular weight is 334 g/mol. The molecule has 23 heavy (non-hydrogen) atoms. The summed E-state index contributed by atoms with van der Waals surface area (Å²) in [6.45, 7) is 7.53. The van der Waals surface area contributed by atoms with Gasteiger partial charge < -0.3 is 29.2 Å². The molecular formula is C16H30O7. The summed E-state index contributed by atoms with van der Waals surface area (Å²) in [5.41, 5.74) is 0.157. The predicted molar refractivity (Wildman–Crippen MR) is 84.7 cm³/mol. The summed E-state index contributed by atoms with van der Waals surface area (Å²) in [4.78, 5) is 11.6. The first-order valence-electron chi connectivity index (χ1n) is 7.96. The topological polar surface area (TPSA) is 94.5 Å². The van der Waals surface area contributed by atoms with Crippen LogP contribution in [0.25, 0.3) is 0 Å². The van der Waals surface area contributed by atoms with Crippen molar-refractivity contribution < 1.29 is 34.0 Å². The fourth-order valence-corrected chi connectivity index (χ4v) is 1.58. The van der Waals surface area contributed by atoms with Crippen LogP contribution in [-0.2, 0) is 23.7 Å². The lowest BCUT2D eigenvalue weighted by atomic mass is 10.2. The molecule has 0 aromatic rings. The lowest BCUT2D eigenvalue weighted by Gasteiger charge is -2.27. The molecule has 7 heteroatoms. The van der Waals surface area contributed by atoms with Gasteiger partial charge in [0.1, 0.15) is 6.61 Å². The summed E-state index contributed by atoms with van der Waals surface area (Å²) in [5.74, 6) is -2.89. The fourth-order valence-electron chi connectivity index (χ4n) is 1.58. The molecule has 0 amide bonds. The highest BCUT2D eigenvalue weighted by Gasteiger charge is 2.33. The molecule has 1 unspecified atom stereocenters. The number of esters is 1. The van der Waals surface area contributed by atoms with Gasteiger partial charge in [-0.05, 0) is 13.3 Å². The van der Waals surface area contributed by atoms with Crippen LogP contribution in [0.2, 0.25) is 0 Å². The van der Waals surface area contributed by atoms with Crippen molar-refractivity contribution in [1.82, 2.24) is 0 Å². The smallest absolute Gasteiger partial charge is 0.351 e. The van der Waals surface area contributed by atoms with E-state index in [1.165, 1.54) is 6.92 Å².